The van der Waals surface area contributed by atoms with Gasteiger partial charge in [-0.05, 0) is 13.3 Å². The summed E-state index contributed by atoms with van der Waals surface area (Å²) in [7, 11) is 0. The van der Waals surface area contributed by atoms with Crippen molar-refractivity contribution < 1.29 is 5.11 Å². The summed E-state index contributed by atoms with van der Waals surface area (Å²) in [4.78, 5) is 0. The Morgan fingerprint density at radius 2 is 2.25 bits per heavy atom. The minimum atomic E-state index is -0.623. The zero-order valence-electron chi connectivity index (χ0n) is 4.82. The van der Waals surface area contributed by atoms with E-state index in [1.807, 2.05) is 0 Å². The van der Waals surface area contributed by atoms with Crippen molar-refractivity contribution in [3.63, 3.8) is 0 Å². The molecular formula is C5H10BrClO. The van der Waals surface area contributed by atoms with Crippen LogP contribution in [0.1, 0.15) is 13.3 Å². The van der Waals surface area contributed by atoms with Crippen molar-refractivity contribution >= 4 is 27.5 Å². The molecule has 8 heavy (non-hydrogen) atoms. The highest BCUT2D eigenvalue weighted by Crippen LogP contribution is 2.12. The molecule has 0 aliphatic carbocycles. The normalized spacial score (nSPS) is 18.0. The van der Waals surface area contributed by atoms with Crippen LogP contribution in [0, 0.1) is 0 Å². The van der Waals surface area contributed by atoms with E-state index < -0.39 is 5.60 Å². The van der Waals surface area contributed by atoms with Gasteiger partial charge in [0.25, 0.3) is 0 Å². The summed E-state index contributed by atoms with van der Waals surface area (Å²) in [5.41, 5.74) is -0.623. The fourth-order valence-corrected chi connectivity index (χ4v) is 0.958. The standard InChI is InChI=1S/C5H10BrClO/c1-5(8,4-6)2-3-7/h8H,2-4H2,1H3. The molecule has 0 aromatic heterocycles. The van der Waals surface area contributed by atoms with E-state index in [-0.39, 0.29) is 0 Å². The summed E-state index contributed by atoms with van der Waals surface area (Å²) >= 11 is 8.55. The van der Waals surface area contributed by atoms with E-state index in [4.69, 9.17) is 11.6 Å². The lowest BCUT2D eigenvalue weighted by Crippen LogP contribution is -2.26. The van der Waals surface area contributed by atoms with E-state index in [2.05, 4.69) is 15.9 Å². The van der Waals surface area contributed by atoms with Crippen molar-refractivity contribution in [1.82, 2.24) is 0 Å². The molecule has 0 fully saturated rings. The molecule has 1 atom stereocenters. The van der Waals surface area contributed by atoms with Gasteiger partial charge in [0.1, 0.15) is 0 Å². The first-order chi connectivity index (χ1) is 3.62. The summed E-state index contributed by atoms with van der Waals surface area (Å²) in [6, 6.07) is 0. The smallest absolute Gasteiger partial charge is 0.0727 e. The maximum Gasteiger partial charge on any atom is 0.0727 e. The van der Waals surface area contributed by atoms with Crippen molar-refractivity contribution in [3.8, 4) is 0 Å². The van der Waals surface area contributed by atoms with E-state index in [9.17, 15) is 5.11 Å². The van der Waals surface area contributed by atoms with Gasteiger partial charge in [0, 0.05) is 11.2 Å². The largest absolute Gasteiger partial charge is 0.389 e. The van der Waals surface area contributed by atoms with Crippen LogP contribution in [-0.2, 0) is 0 Å². The van der Waals surface area contributed by atoms with Gasteiger partial charge in [-0.3, -0.25) is 0 Å². The third kappa shape index (κ3) is 3.70. The molecule has 1 unspecified atom stereocenters. The summed E-state index contributed by atoms with van der Waals surface area (Å²) in [5, 5.41) is 9.78. The highest BCUT2D eigenvalue weighted by molar-refractivity contribution is 9.09. The summed E-state index contributed by atoms with van der Waals surface area (Å²) < 4.78 is 0. The molecule has 0 bridgehead atoms. The van der Waals surface area contributed by atoms with E-state index in [0.29, 0.717) is 17.6 Å². The number of rotatable bonds is 3. The molecular weight excluding hydrogens is 191 g/mol. The minimum Gasteiger partial charge on any atom is -0.389 e. The van der Waals surface area contributed by atoms with Crippen LogP contribution in [0.4, 0.5) is 0 Å². The summed E-state index contributed by atoms with van der Waals surface area (Å²) in [6.45, 7) is 1.75. The Kier molecular flexibility index (Phi) is 4.04. The highest BCUT2D eigenvalue weighted by atomic mass is 79.9. The summed E-state index contributed by atoms with van der Waals surface area (Å²) in [6.07, 6.45) is 0.639. The number of hydrogen-bond donors (Lipinski definition) is 1. The second-order valence-electron chi connectivity index (χ2n) is 2.07. The molecule has 0 saturated carbocycles. The van der Waals surface area contributed by atoms with Crippen LogP contribution in [0.15, 0.2) is 0 Å². The van der Waals surface area contributed by atoms with Gasteiger partial charge in [0.2, 0.25) is 0 Å². The average Bonchev–Trinajstić information content (AvgIpc) is 1.67. The zero-order valence-corrected chi connectivity index (χ0v) is 7.17. The first kappa shape index (κ1) is 8.73. The molecule has 0 aromatic rings. The van der Waals surface area contributed by atoms with Gasteiger partial charge in [0.05, 0.1) is 5.60 Å². The van der Waals surface area contributed by atoms with Crippen molar-refractivity contribution in [2.45, 2.75) is 18.9 Å². The molecule has 50 valence electrons. The van der Waals surface area contributed by atoms with E-state index in [1.165, 1.54) is 0 Å². The number of halogens is 2. The van der Waals surface area contributed by atoms with Crippen LogP contribution < -0.4 is 0 Å². The maximum absolute atomic E-state index is 9.19. The first-order valence-electron chi connectivity index (χ1n) is 2.47. The third-order valence-electron chi connectivity index (χ3n) is 0.921. The Hall–Kier alpha value is 0.730. The fraction of sp³-hybridized carbons (Fsp3) is 1.00. The summed E-state index contributed by atoms with van der Waals surface area (Å²) in [5.74, 6) is 0.513. The molecule has 0 heterocycles. The molecule has 0 aromatic carbocycles. The second-order valence-corrected chi connectivity index (χ2v) is 3.01. The van der Waals surface area contributed by atoms with E-state index >= 15 is 0 Å². The Morgan fingerprint density at radius 1 is 1.75 bits per heavy atom. The molecule has 0 saturated heterocycles. The molecule has 1 nitrogen and oxygen atoms in total. The molecule has 0 aliphatic rings. The molecule has 0 amide bonds. The minimum absolute atomic E-state index is 0.513. The molecule has 1 N–H and O–H groups in total. The second kappa shape index (κ2) is 3.70. The third-order valence-corrected chi connectivity index (χ3v) is 2.32. The van der Waals surface area contributed by atoms with Gasteiger partial charge in [0.15, 0.2) is 0 Å². The van der Waals surface area contributed by atoms with Crippen LogP contribution in [0.2, 0.25) is 0 Å². The zero-order chi connectivity index (χ0) is 6.62. The molecule has 0 radical (unpaired) electrons. The number of hydrogen-bond acceptors (Lipinski definition) is 1. The Balaban J connectivity index is 3.37. The molecule has 0 aliphatic heterocycles. The van der Waals surface area contributed by atoms with Crippen molar-refractivity contribution in [1.29, 1.82) is 0 Å². The number of aliphatic hydroxyl groups is 1. The van der Waals surface area contributed by atoms with Crippen molar-refractivity contribution in [2.24, 2.45) is 0 Å². The monoisotopic (exact) mass is 200 g/mol. The van der Waals surface area contributed by atoms with Crippen molar-refractivity contribution in [2.75, 3.05) is 11.2 Å². The van der Waals surface area contributed by atoms with Crippen LogP contribution in [0.25, 0.3) is 0 Å². The lowest BCUT2D eigenvalue weighted by Gasteiger charge is -2.17. The van der Waals surface area contributed by atoms with Crippen LogP contribution in [0.5, 0.6) is 0 Å². The van der Waals surface area contributed by atoms with Crippen LogP contribution in [0.3, 0.4) is 0 Å². The predicted octanol–water partition coefficient (Wildman–Crippen LogP) is 1.76. The maximum atomic E-state index is 9.19. The first-order valence-corrected chi connectivity index (χ1v) is 4.12. The fourth-order valence-electron chi connectivity index (χ4n) is 0.270. The Morgan fingerprint density at radius 3 is 2.38 bits per heavy atom. The predicted molar refractivity (Wildman–Crippen MR) is 39.8 cm³/mol. The van der Waals surface area contributed by atoms with Gasteiger partial charge < -0.3 is 5.11 Å². The Bertz CT molecular complexity index is 65.4. The SMILES string of the molecule is CC(O)(CBr)CCCl. The van der Waals surface area contributed by atoms with Crippen LogP contribution >= 0.6 is 27.5 Å². The highest BCUT2D eigenvalue weighted by Gasteiger charge is 2.16. The number of alkyl halides is 2. The van der Waals surface area contributed by atoms with Gasteiger partial charge in [-0.2, -0.15) is 0 Å². The molecule has 3 heteroatoms. The Labute approximate surface area is 63.2 Å². The van der Waals surface area contributed by atoms with E-state index in [1.54, 1.807) is 6.92 Å². The van der Waals surface area contributed by atoms with Gasteiger partial charge >= 0.3 is 0 Å². The molecule has 0 spiro atoms. The molecule has 0 rings (SSSR count). The lowest BCUT2D eigenvalue weighted by atomic mass is 10.1. The van der Waals surface area contributed by atoms with Crippen LogP contribution in [-0.4, -0.2) is 21.9 Å². The van der Waals surface area contributed by atoms with E-state index in [0.717, 1.165) is 0 Å². The van der Waals surface area contributed by atoms with Gasteiger partial charge in [-0.1, -0.05) is 15.9 Å². The van der Waals surface area contributed by atoms with Gasteiger partial charge in [-0.15, -0.1) is 11.6 Å². The van der Waals surface area contributed by atoms with Gasteiger partial charge in [-0.25, -0.2) is 0 Å². The topological polar surface area (TPSA) is 20.2 Å². The lowest BCUT2D eigenvalue weighted by molar-refractivity contribution is 0.0838. The van der Waals surface area contributed by atoms with Crippen molar-refractivity contribution in [3.05, 3.63) is 0 Å². The average molecular weight is 201 g/mol. The quantitative estimate of drug-likeness (QED) is 0.690.